The van der Waals surface area contributed by atoms with E-state index in [-0.39, 0.29) is 75.0 Å². The molecule has 78 heavy (non-hydrogen) atoms. The fraction of sp³-hybridized carbons (Fsp3) is 0.586. The molecule has 3 heterocycles. The van der Waals surface area contributed by atoms with Crippen molar-refractivity contribution in [3.05, 3.63) is 72.1 Å². The molecule has 0 saturated carbocycles. The summed E-state index contributed by atoms with van der Waals surface area (Å²) in [6.07, 6.45) is 6.36. The Labute approximate surface area is 459 Å². The lowest BCUT2D eigenvalue weighted by molar-refractivity contribution is -0.137. The Morgan fingerprint density at radius 1 is 0.359 bits per heavy atom. The van der Waals surface area contributed by atoms with E-state index in [0.29, 0.717) is 49.9 Å². The number of benzene rings is 2. The van der Waals surface area contributed by atoms with Gasteiger partial charge in [-0.1, -0.05) is 91.8 Å². The molecule has 0 radical (unpaired) electrons. The van der Waals surface area contributed by atoms with Crippen LogP contribution in [0.2, 0.25) is 0 Å². The fourth-order valence-corrected chi connectivity index (χ4v) is 9.97. The van der Waals surface area contributed by atoms with E-state index >= 15 is 0 Å². The molecular formula is C58H88N12O8. The Morgan fingerprint density at radius 2 is 0.615 bits per heavy atom. The quantitative estimate of drug-likeness (QED) is 0.0569. The summed E-state index contributed by atoms with van der Waals surface area (Å²) in [5, 5.41) is 24.8. The number of unbranched alkanes of at least 4 members (excludes halogenated alkanes) is 2. The van der Waals surface area contributed by atoms with Crippen molar-refractivity contribution in [2.45, 2.75) is 181 Å². The highest BCUT2D eigenvalue weighted by atomic mass is 16.2. The zero-order valence-electron chi connectivity index (χ0n) is 47.0. The van der Waals surface area contributed by atoms with E-state index in [2.05, 4.69) is 52.5 Å². The number of aromatic nitrogens is 2. The predicted molar refractivity (Wildman–Crippen MR) is 303 cm³/mol. The van der Waals surface area contributed by atoms with Gasteiger partial charge in [0.25, 0.3) is 0 Å². The monoisotopic (exact) mass is 1080 g/mol. The molecule has 1 aliphatic rings. The van der Waals surface area contributed by atoms with Crippen LogP contribution < -0.4 is 54.0 Å². The Morgan fingerprint density at radius 3 is 0.910 bits per heavy atom. The van der Waals surface area contributed by atoms with Crippen molar-refractivity contribution in [3.63, 3.8) is 0 Å². The van der Waals surface area contributed by atoms with Crippen molar-refractivity contribution in [1.29, 1.82) is 0 Å². The van der Waals surface area contributed by atoms with Crippen LogP contribution in [0.15, 0.2) is 60.9 Å². The van der Waals surface area contributed by atoms with Crippen LogP contribution in [-0.2, 0) is 51.2 Å². The van der Waals surface area contributed by atoms with Gasteiger partial charge in [0.05, 0.1) is 0 Å². The lowest BCUT2D eigenvalue weighted by Gasteiger charge is -2.30. The molecule has 1 aliphatic heterocycles. The molecule has 0 bridgehead atoms. The van der Waals surface area contributed by atoms with E-state index in [1.807, 2.05) is 104 Å². The molecule has 20 heteroatoms. The first-order valence-electron chi connectivity index (χ1n) is 28.1. The average molecular weight is 1080 g/mol. The molecule has 428 valence electrons. The Bertz CT molecular complexity index is 2450. The van der Waals surface area contributed by atoms with E-state index in [4.69, 9.17) is 11.5 Å². The highest BCUT2D eigenvalue weighted by Gasteiger charge is 2.37. The molecule has 5 rings (SSSR count). The summed E-state index contributed by atoms with van der Waals surface area (Å²) in [5.74, 6) is -5.80. The standard InChI is InChI=1S/C58H88N12O8/c1-33(2)25-45-53(73)63-43(21-13-15-23-59)51(71)65-48(28-36(7)8)56(76)70-50(30-38-32-62-42-20-12-10-18-40(38)42)58(78)68-46(26-34(3)4)54(74)64-44(22-14-16-24-60)52(72)66-47(27-35(5)6)55(75)69-49(57(77)67-45)29-37-31-61-41-19-11-9-17-39(37)41/h9-12,17-20,31-36,43-50,61-62H,13-16,21-30,59-60H2,1-8H3,(H,63,73)(H,64,74)(H,65,71)(H,66,72)(H,67,77)(H,68,78)(H,69,75)(H,70,76)/t43-,44-,45+,46+,47+,48+,49-,50-/m0/s1. The largest absolute Gasteiger partial charge is 0.361 e. The Kier molecular flexibility index (Phi) is 24.2. The molecule has 2 aromatic heterocycles. The van der Waals surface area contributed by atoms with Gasteiger partial charge in [0.2, 0.25) is 47.3 Å². The third kappa shape index (κ3) is 18.7. The SMILES string of the molecule is CC(C)C[C@H]1NC(=O)[C@H](CCCCN)NC(=O)[C@@H](CC(C)C)NC(=O)[C@H](Cc2c[nH]c3ccccc23)NC(=O)[C@@H](CC(C)C)NC(=O)[C@H](CCCCN)NC(=O)[C@@H](CC(C)C)NC(=O)[C@H](Cc2c[nH]c3ccccc23)NC1=O. The number of nitrogens with two attached hydrogens (primary N) is 2. The lowest BCUT2D eigenvalue weighted by atomic mass is 9.98. The van der Waals surface area contributed by atoms with Crippen molar-refractivity contribution in [1.82, 2.24) is 52.5 Å². The van der Waals surface area contributed by atoms with Crippen LogP contribution in [-0.4, -0.2) is 119 Å². The smallest absolute Gasteiger partial charge is 0.243 e. The number of nitrogens with one attached hydrogen (secondary N) is 10. The molecule has 8 atom stereocenters. The second-order valence-electron chi connectivity index (χ2n) is 22.7. The fourth-order valence-electron chi connectivity index (χ4n) is 9.97. The Hall–Kier alpha value is -6.80. The van der Waals surface area contributed by atoms with Gasteiger partial charge >= 0.3 is 0 Å². The second kappa shape index (κ2) is 30.4. The summed E-state index contributed by atoms with van der Waals surface area (Å²) in [6.45, 7) is 15.8. The zero-order valence-corrected chi connectivity index (χ0v) is 47.0. The van der Waals surface area contributed by atoms with Crippen LogP contribution in [0.3, 0.4) is 0 Å². The zero-order chi connectivity index (χ0) is 57.1. The minimum absolute atomic E-state index is 0.00720. The predicted octanol–water partition coefficient (Wildman–Crippen LogP) is 3.77. The molecule has 1 saturated heterocycles. The number of rotatable bonds is 20. The number of hydrogen-bond donors (Lipinski definition) is 12. The average Bonchev–Trinajstić information content (AvgIpc) is 4.01. The maximum absolute atomic E-state index is 14.8. The van der Waals surface area contributed by atoms with Gasteiger partial charge in [-0.2, -0.15) is 0 Å². The third-order valence-electron chi connectivity index (χ3n) is 14.0. The molecule has 1 fully saturated rings. The Balaban J connectivity index is 1.63. The van der Waals surface area contributed by atoms with Gasteiger partial charge in [0, 0.05) is 47.0 Å². The summed E-state index contributed by atoms with van der Waals surface area (Å²) in [7, 11) is 0. The van der Waals surface area contributed by atoms with Crippen LogP contribution in [0.25, 0.3) is 21.8 Å². The molecule has 0 spiro atoms. The van der Waals surface area contributed by atoms with Crippen LogP contribution in [0.4, 0.5) is 0 Å². The highest BCUT2D eigenvalue weighted by Crippen LogP contribution is 2.22. The van der Waals surface area contributed by atoms with E-state index in [0.717, 1.165) is 21.8 Å². The van der Waals surface area contributed by atoms with Crippen LogP contribution in [0, 0.1) is 23.7 Å². The van der Waals surface area contributed by atoms with Gasteiger partial charge in [0.1, 0.15) is 48.3 Å². The number of carbonyl (C=O) groups excluding carboxylic acids is 8. The minimum atomic E-state index is -1.27. The minimum Gasteiger partial charge on any atom is -0.361 e. The van der Waals surface area contributed by atoms with Gasteiger partial charge in [0.15, 0.2) is 0 Å². The van der Waals surface area contributed by atoms with Crippen molar-refractivity contribution >= 4 is 69.1 Å². The molecule has 2 aromatic carbocycles. The summed E-state index contributed by atoms with van der Waals surface area (Å²) in [4.78, 5) is 124. The van der Waals surface area contributed by atoms with Gasteiger partial charge in [-0.25, -0.2) is 0 Å². The van der Waals surface area contributed by atoms with Crippen molar-refractivity contribution in [2.24, 2.45) is 35.1 Å². The molecule has 14 N–H and O–H groups in total. The van der Waals surface area contributed by atoms with Gasteiger partial charge in [-0.3, -0.25) is 38.4 Å². The van der Waals surface area contributed by atoms with Crippen LogP contribution >= 0.6 is 0 Å². The normalized spacial score (nSPS) is 23.2. The first-order chi connectivity index (χ1) is 37.2. The number of H-pyrrole nitrogens is 2. The topological polar surface area (TPSA) is 316 Å². The van der Waals surface area contributed by atoms with Gasteiger partial charge < -0.3 is 64.0 Å². The molecule has 0 aliphatic carbocycles. The summed E-state index contributed by atoms with van der Waals surface area (Å²) in [6, 6.07) is 5.40. The van der Waals surface area contributed by atoms with Crippen LogP contribution in [0.5, 0.6) is 0 Å². The van der Waals surface area contributed by atoms with Crippen molar-refractivity contribution in [2.75, 3.05) is 13.1 Å². The molecule has 0 unspecified atom stereocenters. The first kappa shape index (κ1) is 62.0. The number of aromatic amines is 2. The van der Waals surface area contributed by atoms with E-state index in [9.17, 15) is 38.4 Å². The van der Waals surface area contributed by atoms with Crippen molar-refractivity contribution in [3.8, 4) is 0 Å². The van der Waals surface area contributed by atoms with E-state index in [1.165, 1.54) is 0 Å². The van der Waals surface area contributed by atoms with Gasteiger partial charge in [-0.15, -0.1) is 0 Å². The van der Waals surface area contributed by atoms with E-state index in [1.54, 1.807) is 12.4 Å². The number of fused-ring (bicyclic) bond motifs is 2. The maximum Gasteiger partial charge on any atom is 0.243 e. The number of para-hydroxylation sites is 2. The molecular weight excluding hydrogens is 993 g/mol. The lowest BCUT2D eigenvalue weighted by Crippen LogP contribution is -2.62. The summed E-state index contributed by atoms with van der Waals surface area (Å²) < 4.78 is 0. The molecule has 20 nitrogen and oxygen atoms in total. The number of hydrogen-bond acceptors (Lipinski definition) is 10. The molecule has 8 amide bonds. The molecule has 4 aromatic rings. The summed E-state index contributed by atoms with van der Waals surface area (Å²) in [5.41, 5.74) is 14.8. The maximum atomic E-state index is 14.8. The highest BCUT2D eigenvalue weighted by molar-refractivity contribution is 5.99. The van der Waals surface area contributed by atoms with E-state index < -0.39 is 95.6 Å². The second-order valence-corrected chi connectivity index (χ2v) is 22.7. The number of amides is 8. The van der Waals surface area contributed by atoms with Crippen LogP contribution in [0.1, 0.15) is 131 Å². The summed E-state index contributed by atoms with van der Waals surface area (Å²) >= 11 is 0. The third-order valence-corrected chi connectivity index (χ3v) is 14.0. The number of carbonyl (C=O) groups is 8. The van der Waals surface area contributed by atoms with Crippen molar-refractivity contribution < 1.29 is 38.4 Å². The van der Waals surface area contributed by atoms with Gasteiger partial charge in [-0.05, 0) is 124 Å². The first-order valence-corrected chi connectivity index (χ1v) is 28.1.